The first-order valence-corrected chi connectivity index (χ1v) is 16.3. The van der Waals surface area contributed by atoms with E-state index in [0.717, 1.165) is 65.1 Å². The fourth-order valence-electron chi connectivity index (χ4n) is 6.29. The fraction of sp³-hybridized carbons (Fsp3) is 0.343. The molecule has 0 aliphatic carbocycles. The van der Waals surface area contributed by atoms with Gasteiger partial charge in [0.1, 0.15) is 12.4 Å². The molecule has 9 heteroatoms. The number of hydrogen-bond acceptors (Lipinski definition) is 6. The highest BCUT2D eigenvalue weighted by atomic mass is 32.2. The van der Waals surface area contributed by atoms with Crippen molar-refractivity contribution in [3.8, 4) is 28.4 Å². The molecular weight excluding hydrogens is 572 g/mol. The van der Waals surface area contributed by atoms with Crippen molar-refractivity contribution in [2.75, 3.05) is 37.1 Å². The quantitative estimate of drug-likeness (QED) is 0.264. The van der Waals surface area contributed by atoms with E-state index >= 15 is 0 Å². The smallest absolute Gasteiger partial charge is 0.242 e. The molecule has 3 aliphatic rings. The molecule has 4 heterocycles. The number of amides is 2. The number of piperidine rings is 1. The Balaban J connectivity index is 1.45. The lowest BCUT2D eigenvalue weighted by Gasteiger charge is -2.32. The van der Waals surface area contributed by atoms with Gasteiger partial charge in [0.25, 0.3) is 0 Å². The minimum Gasteiger partial charge on any atom is -0.454 e. The van der Waals surface area contributed by atoms with Gasteiger partial charge in [0, 0.05) is 24.2 Å². The monoisotopic (exact) mass is 608 g/mol. The maximum atomic E-state index is 14.1. The first kappa shape index (κ1) is 28.5. The van der Waals surface area contributed by atoms with Crippen LogP contribution in [-0.4, -0.2) is 58.7 Å². The normalized spacial score (nSPS) is 18.3. The van der Waals surface area contributed by atoms with E-state index in [1.54, 1.807) is 16.7 Å². The molecule has 3 aromatic carbocycles. The highest BCUT2D eigenvalue weighted by Crippen LogP contribution is 2.50. The van der Waals surface area contributed by atoms with Crippen LogP contribution < -0.4 is 14.4 Å². The van der Waals surface area contributed by atoms with E-state index in [1.165, 1.54) is 0 Å². The number of aromatic nitrogens is 2. The number of hydrogen-bond donors (Lipinski definition) is 0. The molecule has 8 nitrogen and oxygen atoms in total. The Morgan fingerprint density at radius 2 is 1.75 bits per heavy atom. The van der Waals surface area contributed by atoms with E-state index in [0.29, 0.717) is 23.2 Å². The summed E-state index contributed by atoms with van der Waals surface area (Å²) in [7, 11) is 0. The average Bonchev–Trinajstić information content (AvgIpc) is 3.64. The lowest BCUT2D eigenvalue weighted by Crippen LogP contribution is -2.46. The third-order valence-electron chi connectivity index (χ3n) is 9.07. The Bertz CT molecular complexity index is 1730. The molecule has 0 radical (unpaired) electrons. The number of thioether (sulfide) groups is 1. The number of benzene rings is 3. The standard InChI is InChI=1S/C35H36N4O4S/c1-22-14-16-37(17-15-22)30(40)19-38-31(41)20-44-34(26-12-13-28-29(18-26)43-21-42-28)32-33(25-9-5-4-6-10-25)36-39(35(32)38)27-11-7-8-23(2)24(27)3/h4-13,18,22,34H,14-17,19-21H2,1-3H3. The van der Waals surface area contributed by atoms with E-state index in [-0.39, 0.29) is 36.2 Å². The number of aryl methyl sites for hydroxylation is 1. The maximum absolute atomic E-state index is 14.1. The van der Waals surface area contributed by atoms with Gasteiger partial charge in [0.2, 0.25) is 18.6 Å². The molecule has 0 spiro atoms. The summed E-state index contributed by atoms with van der Waals surface area (Å²) < 4.78 is 13.3. The SMILES string of the molecule is Cc1cccc(-n2nc(-c3ccccc3)c3c2N(CC(=O)N2CCC(C)CC2)C(=O)CSC3c2ccc3c(c2)OCO3)c1C. The molecule has 1 fully saturated rings. The summed E-state index contributed by atoms with van der Waals surface area (Å²) in [4.78, 5) is 31.6. The van der Waals surface area contributed by atoms with Crippen molar-refractivity contribution in [3.05, 3.63) is 89.0 Å². The van der Waals surface area contributed by atoms with Crippen LogP contribution in [0.4, 0.5) is 5.82 Å². The van der Waals surface area contributed by atoms with Crippen LogP contribution in [0.5, 0.6) is 11.5 Å². The summed E-state index contributed by atoms with van der Waals surface area (Å²) in [6.45, 7) is 7.98. The highest BCUT2D eigenvalue weighted by Gasteiger charge is 2.39. The molecule has 4 aromatic rings. The molecular formula is C35H36N4O4S. The number of ether oxygens (including phenoxy) is 2. The predicted octanol–water partition coefficient (Wildman–Crippen LogP) is 6.31. The van der Waals surface area contributed by atoms with E-state index in [2.05, 4.69) is 39.0 Å². The van der Waals surface area contributed by atoms with Crippen molar-refractivity contribution in [2.24, 2.45) is 5.92 Å². The molecule has 0 N–H and O–H groups in total. The Hall–Kier alpha value is -4.24. The Morgan fingerprint density at radius 1 is 0.977 bits per heavy atom. The Kier molecular flexibility index (Phi) is 7.58. The molecule has 2 amide bonds. The largest absolute Gasteiger partial charge is 0.454 e. The second-order valence-electron chi connectivity index (χ2n) is 11.9. The minimum atomic E-state index is -0.242. The molecule has 226 valence electrons. The summed E-state index contributed by atoms with van der Waals surface area (Å²) in [5, 5.41) is 5.03. The summed E-state index contributed by atoms with van der Waals surface area (Å²) >= 11 is 1.56. The number of fused-ring (bicyclic) bond motifs is 2. The molecule has 1 saturated heterocycles. The molecule has 7 rings (SSSR count). The number of nitrogens with zero attached hydrogens (tertiary/aromatic N) is 4. The first-order chi connectivity index (χ1) is 21.4. The number of carbonyl (C=O) groups is 2. The van der Waals surface area contributed by atoms with Crippen LogP contribution in [0, 0.1) is 19.8 Å². The molecule has 0 bridgehead atoms. The molecule has 0 saturated carbocycles. The van der Waals surface area contributed by atoms with Gasteiger partial charge in [-0.1, -0.05) is 55.5 Å². The zero-order chi connectivity index (χ0) is 30.4. The van der Waals surface area contributed by atoms with Crippen molar-refractivity contribution >= 4 is 29.4 Å². The summed E-state index contributed by atoms with van der Waals surface area (Å²) in [6.07, 6.45) is 1.96. The van der Waals surface area contributed by atoms with Gasteiger partial charge >= 0.3 is 0 Å². The van der Waals surface area contributed by atoms with Crippen LogP contribution in [0.1, 0.15) is 47.3 Å². The van der Waals surface area contributed by atoms with E-state index in [1.807, 2.05) is 58.1 Å². The maximum Gasteiger partial charge on any atom is 0.242 e. The van der Waals surface area contributed by atoms with E-state index in [9.17, 15) is 9.59 Å². The highest BCUT2D eigenvalue weighted by molar-refractivity contribution is 8.00. The third-order valence-corrected chi connectivity index (χ3v) is 10.3. The lowest BCUT2D eigenvalue weighted by molar-refractivity contribution is -0.132. The average molecular weight is 609 g/mol. The summed E-state index contributed by atoms with van der Waals surface area (Å²) in [6, 6.07) is 22.2. The zero-order valence-electron chi connectivity index (χ0n) is 25.3. The van der Waals surface area contributed by atoms with Crippen molar-refractivity contribution in [1.82, 2.24) is 14.7 Å². The minimum absolute atomic E-state index is 0.0284. The molecule has 44 heavy (non-hydrogen) atoms. The van der Waals surface area contributed by atoms with Crippen LogP contribution in [0.15, 0.2) is 66.7 Å². The second-order valence-corrected chi connectivity index (χ2v) is 13.0. The molecule has 3 aliphatic heterocycles. The summed E-state index contributed by atoms with van der Waals surface area (Å²) in [5.74, 6) is 2.73. The van der Waals surface area contributed by atoms with Gasteiger partial charge in [-0.15, -0.1) is 11.8 Å². The first-order valence-electron chi connectivity index (χ1n) is 15.2. The van der Waals surface area contributed by atoms with Gasteiger partial charge in [-0.2, -0.15) is 5.10 Å². The number of rotatable bonds is 5. The van der Waals surface area contributed by atoms with Crippen LogP contribution >= 0.6 is 11.8 Å². The van der Waals surface area contributed by atoms with Crippen LogP contribution in [-0.2, 0) is 9.59 Å². The third kappa shape index (κ3) is 5.13. The van der Waals surface area contributed by atoms with E-state index in [4.69, 9.17) is 14.6 Å². The molecule has 1 atom stereocenters. The van der Waals surface area contributed by atoms with Gasteiger partial charge < -0.3 is 14.4 Å². The number of anilines is 1. The van der Waals surface area contributed by atoms with Crippen molar-refractivity contribution in [3.63, 3.8) is 0 Å². The second kappa shape index (κ2) is 11.7. The lowest BCUT2D eigenvalue weighted by atomic mass is 9.98. The van der Waals surface area contributed by atoms with Gasteiger partial charge in [0.05, 0.1) is 22.4 Å². The van der Waals surface area contributed by atoms with E-state index < -0.39 is 0 Å². The fourth-order valence-corrected chi connectivity index (χ4v) is 7.48. The van der Waals surface area contributed by atoms with Crippen molar-refractivity contribution in [2.45, 2.75) is 38.9 Å². The van der Waals surface area contributed by atoms with Gasteiger partial charge in [-0.25, -0.2) is 4.68 Å². The number of likely N-dealkylation sites (tertiary alicyclic amines) is 1. The topological polar surface area (TPSA) is 76.9 Å². The van der Waals surface area contributed by atoms with Crippen molar-refractivity contribution < 1.29 is 19.1 Å². The van der Waals surface area contributed by atoms with Gasteiger partial charge in [0.15, 0.2) is 11.5 Å². The van der Waals surface area contributed by atoms with Gasteiger partial charge in [-0.3, -0.25) is 14.5 Å². The van der Waals surface area contributed by atoms with Gasteiger partial charge in [-0.05, 0) is 67.5 Å². The number of carbonyl (C=O) groups excluding carboxylic acids is 2. The Morgan fingerprint density at radius 3 is 2.55 bits per heavy atom. The zero-order valence-corrected chi connectivity index (χ0v) is 26.1. The molecule has 1 aromatic heterocycles. The molecule has 1 unspecified atom stereocenters. The van der Waals surface area contributed by atoms with Crippen molar-refractivity contribution in [1.29, 1.82) is 0 Å². The van der Waals surface area contributed by atoms with Crippen LogP contribution in [0.25, 0.3) is 16.9 Å². The Labute approximate surface area is 261 Å². The summed E-state index contributed by atoms with van der Waals surface area (Å²) in [5.41, 5.74) is 6.71. The van der Waals surface area contributed by atoms with Crippen LogP contribution in [0.2, 0.25) is 0 Å². The van der Waals surface area contributed by atoms with Crippen LogP contribution in [0.3, 0.4) is 0 Å². The predicted molar refractivity (Wildman–Crippen MR) is 173 cm³/mol.